The molecule has 1 rings (SSSR count). The zero-order valence-electron chi connectivity index (χ0n) is 10.6. The Morgan fingerprint density at radius 2 is 2.00 bits per heavy atom. The molecule has 0 spiro atoms. The third-order valence-corrected chi connectivity index (χ3v) is 3.12. The number of nitrogens with one attached hydrogen (secondary N) is 1. The van der Waals surface area contributed by atoms with E-state index in [4.69, 9.17) is 5.11 Å². The van der Waals surface area contributed by atoms with E-state index in [-0.39, 0.29) is 29.7 Å². The minimum atomic E-state index is -1.04. The first-order valence-corrected chi connectivity index (χ1v) is 6.56. The Kier molecular flexibility index (Phi) is 5.87. The lowest BCUT2D eigenvalue weighted by molar-refractivity contribution is -0.137. The topological polar surface area (TPSA) is 69.6 Å². The van der Waals surface area contributed by atoms with Gasteiger partial charge in [-0.05, 0) is 28.9 Å². The van der Waals surface area contributed by atoms with Crippen LogP contribution < -0.4 is 5.32 Å². The second-order valence-electron chi connectivity index (χ2n) is 3.90. The number of hydrogen-bond acceptors (Lipinski definition) is 2. The van der Waals surface area contributed by atoms with Crippen LogP contribution in [0.3, 0.4) is 0 Å². The van der Waals surface area contributed by atoms with Gasteiger partial charge in [0.1, 0.15) is 11.6 Å². The summed E-state index contributed by atoms with van der Waals surface area (Å²) in [6, 6.07) is 1.10. The van der Waals surface area contributed by atoms with Crippen molar-refractivity contribution in [3.8, 4) is 0 Å². The summed E-state index contributed by atoms with van der Waals surface area (Å²) in [6.07, 6.45) is -0.211. The lowest BCUT2D eigenvalue weighted by Gasteiger charge is -2.20. The van der Waals surface area contributed by atoms with Gasteiger partial charge in [0.15, 0.2) is 0 Å². The van der Waals surface area contributed by atoms with Crippen LogP contribution in [0.15, 0.2) is 16.6 Å². The number of carboxylic acid groups (broad SMARTS) is 1. The van der Waals surface area contributed by atoms with Crippen molar-refractivity contribution in [2.75, 3.05) is 18.4 Å². The van der Waals surface area contributed by atoms with Crippen molar-refractivity contribution >= 4 is 33.6 Å². The molecule has 0 atom stereocenters. The number of carboxylic acids is 1. The highest BCUT2D eigenvalue weighted by atomic mass is 79.9. The molecular formula is C12H13BrF2N2O3. The lowest BCUT2D eigenvalue weighted by atomic mass is 10.3. The molecule has 0 radical (unpaired) electrons. The van der Waals surface area contributed by atoms with E-state index in [9.17, 15) is 18.4 Å². The van der Waals surface area contributed by atoms with Crippen molar-refractivity contribution in [2.24, 2.45) is 0 Å². The third-order valence-electron chi connectivity index (χ3n) is 2.52. The molecule has 0 unspecified atom stereocenters. The summed E-state index contributed by atoms with van der Waals surface area (Å²) in [5.41, 5.74) is -0.183. The third kappa shape index (κ3) is 4.44. The van der Waals surface area contributed by atoms with Crippen molar-refractivity contribution in [1.29, 1.82) is 0 Å². The van der Waals surface area contributed by atoms with Crippen LogP contribution in [0.2, 0.25) is 0 Å². The Balaban J connectivity index is 2.78. The largest absolute Gasteiger partial charge is 0.481 e. The molecule has 0 saturated heterocycles. The summed E-state index contributed by atoms with van der Waals surface area (Å²) in [7, 11) is 0. The van der Waals surface area contributed by atoms with Crippen molar-refractivity contribution in [1.82, 2.24) is 4.90 Å². The zero-order valence-corrected chi connectivity index (χ0v) is 12.2. The number of anilines is 1. The normalized spacial score (nSPS) is 10.2. The predicted octanol–water partition coefficient (Wildman–Crippen LogP) is 3.06. The Labute approximate surface area is 122 Å². The van der Waals surface area contributed by atoms with Gasteiger partial charge in [0.05, 0.1) is 16.6 Å². The van der Waals surface area contributed by atoms with Gasteiger partial charge in [-0.3, -0.25) is 4.79 Å². The molecule has 0 aliphatic heterocycles. The standard InChI is InChI=1S/C12H13BrF2N2O3/c1-2-17(4-3-11(18)19)12(20)16-10-5-7(13)8(14)6-9(10)15/h5-6H,2-4H2,1H3,(H,16,20)(H,18,19). The molecule has 8 heteroatoms. The molecule has 0 bridgehead atoms. The highest BCUT2D eigenvalue weighted by molar-refractivity contribution is 9.10. The Morgan fingerprint density at radius 1 is 1.35 bits per heavy atom. The second-order valence-corrected chi connectivity index (χ2v) is 4.75. The van der Waals surface area contributed by atoms with Gasteiger partial charge in [-0.25, -0.2) is 13.6 Å². The number of rotatable bonds is 5. The molecular weight excluding hydrogens is 338 g/mol. The van der Waals surface area contributed by atoms with E-state index < -0.39 is 23.6 Å². The monoisotopic (exact) mass is 350 g/mol. The fourth-order valence-electron chi connectivity index (χ4n) is 1.45. The van der Waals surface area contributed by atoms with E-state index in [1.807, 2.05) is 0 Å². The maximum Gasteiger partial charge on any atom is 0.321 e. The van der Waals surface area contributed by atoms with E-state index in [0.717, 1.165) is 6.07 Å². The Bertz CT molecular complexity index is 526. The highest BCUT2D eigenvalue weighted by Gasteiger charge is 2.16. The van der Waals surface area contributed by atoms with Crippen molar-refractivity contribution in [2.45, 2.75) is 13.3 Å². The van der Waals surface area contributed by atoms with Gasteiger partial charge >= 0.3 is 12.0 Å². The molecule has 2 N–H and O–H groups in total. The number of urea groups is 1. The fourth-order valence-corrected chi connectivity index (χ4v) is 1.79. The van der Waals surface area contributed by atoms with E-state index >= 15 is 0 Å². The average molecular weight is 351 g/mol. The SMILES string of the molecule is CCN(CCC(=O)O)C(=O)Nc1cc(Br)c(F)cc1F. The molecule has 1 aromatic rings. The molecule has 0 aliphatic carbocycles. The summed E-state index contributed by atoms with van der Waals surface area (Å²) in [6.45, 7) is 1.93. The van der Waals surface area contributed by atoms with Gasteiger partial charge in [-0.15, -0.1) is 0 Å². The molecule has 0 aliphatic rings. The molecule has 0 aromatic heterocycles. The van der Waals surface area contributed by atoms with Gasteiger partial charge in [-0.1, -0.05) is 0 Å². The number of nitrogens with zero attached hydrogens (tertiary/aromatic N) is 1. The lowest BCUT2D eigenvalue weighted by Crippen LogP contribution is -2.36. The summed E-state index contributed by atoms with van der Waals surface area (Å²) in [4.78, 5) is 23.5. The first kappa shape index (κ1) is 16.4. The van der Waals surface area contributed by atoms with Crippen molar-refractivity contribution in [3.05, 3.63) is 28.2 Å². The molecule has 110 valence electrons. The summed E-state index contributed by atoms with van der Waals surface area (Å²) in [5.74, 6) is -2.72. The maximum absolute atomic E-state index is 13.5. The smallest absolute Gasteiger partial charge is 0.321 e. The number of halogens is 3. The molecule has 20 heavy (non-hydrogen) atoms. The van der Waals surface area contributed by atoms with E-state index in [1.54, 1.807) is 6.92 Å². The van der Waals surface area contributed by atoms with Crippen molar-refractivity contribution in [3.63, 3.8) is 0 Å². The first-order chi connectivity index (χ1) is 9.35. The van der Waals surface area contributed by atoms with E-state index in [2.05, 4.69) is 21.2 Å². The number of aliphatic carboxylic acids is 1. The fraction of sp³-hybridized carbons (Fsp3) is 0.333. The van der Waals surface area contributed by atoms with Crippen LogP contribution in [0.25, 0.3) is 0 Å². The summed E-state index contributed by atoms with van der Waals surface area (Å²) in [5, 5.41) is 10.8. The van der Waals surface area contributed by atoms with Crippen molar-refractivity contribution < 1.29 is 23.5 Å². The van der Waals surface area contributed by atoms with Crippen LogP contribution in [0.4, 0.5) is 19.3 Å². The van der Waals surface area contributed by atoms with Gasteiger partial charge in [0.2, 0.25) is 0 Å². The van der Waals surface area contributed by atoms with Crippen LogP contribution in [0.5, 0.6) is 0 Å². The van der Waals surface area contributed by atoms with Crippen LogP contribution in [-0.2, 0) is 4.79 Å². The number of benzene rings is 1. The zero-order chi connectivity index (χ0) is 15.3. The summed E-state index contributed by atoms with van der Waals surface area (Å²) < 4.78 is 26.6. The first-order valence-electron chi connectivity index (χ1n) is 5.77. The van der Waals surface area contributed by atoms with Gasteiger partial charge < -0.3 is 15.3 Å². The summed E-state index contributed by atoms with van der Waals surface area (Å²) >= 11 is 2.89. The molecule has 0 fully saturated rings. The minimum absolute atomic E-state index is 0.00164. The average Bonchev–Trinajstić information content (AvgIpc) is 2.36. The van der Waals surface area contributed by atoms with E-state index in [1.165, 1.54) is 4.90 Å². The molecule has 1 aromatic carbocycles. The van der Waals surface area contributed by atoms with E-state index in [0.29, 0.717) is 6.07 Å². The number of hydrogen-bond donors (Lipinski definition) is 2. The highest BCUT2D eigenvalue weighted by Crippen LogP contribution is 2.23. The Hall–Kier alpha value is -1.70. The molecule has 0 saturated carbocycles. The molecule has 0 heterocycles. The minimum Gasteiger partial charge on any atom is -0.481 e. The predicted molar refractivity (Wildman–Crippen MR) is 72.6 cm³/mol. The van der Waals surface area contributed by atoms with Crippen LogP contribution >= 0.6 is 15.9 Å². The number of carbonyl (C=O) groups is 2. The number of amides is 2. The quantitative estimate of drug-likeness (QED) is 0.801. The molecule has 5 nitrogen and oxygen atoms in total. The van der Waals surface area contributed by atoms with Gasteiger partial charge in [0, 0.05) is 19.2 Å². The second kappa shape index (κ2) is 7.18. The Morgan fingerprint density at radius 3 is 2.55 bits per heavy atom. The van der Waals surface area contributed by atoms with Crippen LogP contribution in [0, 0.1) is 11.6 Å². The van der Waals surface area contributed by atoms with Gasteiger partial charge in [0.25, 0.3) is 0 Å². The van der Waals surface area contributed by atoms with Crippen LogP contribution in [-0.4, -0.2) is 35.1 Å². The van der Waals surface area contributed by atoms with Gasteiger partial charge in [-0.2, -0.15) is 0 Å². The van der Waals surface area contributed by atoms with Crippen LogP contribution in [0.1, 0.15) is 13.3 Å². The maximum atomic E-state index is 13.5. The number of carbonyl (C=O) groups excluding carboxylic acids is 1. The molecule has 2 amide bonds.